The van der Waals surface area contributed by atoms with Crippen molar-refractivity contribution >= 4 is 17.3 Å². The third-order valence-corrected chi connectivity index (χ3v) is 2.59. The van der Waals surface area contributed by atoms with Gasteiger partial charge in [0.1, 0.15) is 0 Å². The van der Waals surface area contributed by atoms with Crippen molar-refractivity contribution in [2.24, 2.45) is 0 Å². The fourth-order valence-corrected chi connectivity index (χ4v) is 1.53. The molecule has 0 heterocycles. The zero-order valence-electron chi connectivity index (χ0n) is 9.42. The van der Waals surface area contributed by atoms with E-state index in [1.54, 1.807) is 12.1 Å². The topological polar surface area (TPSA) is 67.2 Å². The lowest BCUT2D eigenvalue weighted by Crippen LogP contribution is -2.22. The van der Waals surface area contributed by atoms with E-state index in [4.69, 9.17) is 5.73 Å². The van der Waals surface area contributed by atoms with Gasteiger partial charge in [-0.05, 0) is 38.0 Å². The van der Waals surface area contributed by atoms with Crippen LogP contribution < -0.4 is 16.4 Å². The molecule has 0 spiro atoms. The first-order chi connectivity index (χ1) is 7.70. The van der Waals surface area contributed by atoms with Crippen LogP contribution in [0.25, 0.3) is 0 Å². The maximum Gasteiger partial charge on any atom is 0.251 e. The highest BCUT2D eigenvalue weighted by Crippen LogP contribution is 2.28. The smallest absolute Gasteiger partial charge is 0.251 e. The monoisotopic (exact) mass is 219 g/mol. The minimum absolute atomic E-state index is 0.0543. The highest BCUT2D eigenvalue weighted by Gasteiger charge is 2.21. The largest absolute Gasteiger partial charge is 0.397 e. The minimum Gasteiger partial charge on any atom is -0.397 e. The highest BCUT2D eigenvalue weighted by atomic mass is 16.1. The molecule has 0 saturated heterocycles. The molecule has 1 aromatic rings. The highest BCUT2D eigenvalue weighted by molar-refractivity contribution is 5.96. The number of nitrogens with two attached hydrogens (primary N) is 1. The molecule has 1 amide bonds. The molecule has 0 aliphatic heterocycles. The van der Waals surface area contributed by atoms with Gasteiger partial charge in [0, 0.05) is 18.2 Å². The van der Waals surface area contributed by atoms with Gasteiger partial charge in [0.25, 0.3) is 5.91 Å². The SMILES string of the molecule is CCNC(=O)c1ccc(N)c(NC2CC2)c1. The average molecular weight is 219 g/mol. The van der Waals surface area contributed by atoms with E-state index >= 15 is 0 Å². The molecule has 0 bridgehead atoms. The van der Waals surface area contributed by atoms with Gasteiger partial charge in [0.15, 0.2) is 0 Å². The summed E-state index contributed by atoms with van der Waals surface area (Å²) < 4.78 is 0. The summed E-state index contributed by atoms with van der Waals surface area (Å²) in [5.41, 5.74) is 8.06. The van der Waals surface area contributed by atoms with Gasteiger partial charge in [0.2, 0.25) is 0 Å². The van der Waals surface area contributed by atoms with Crippen LogP contribution in [-0.2, 0) is 0 Å². The summed E-state index contributed by atoms with van der Waals surface area (Å²) in [6, 6.07) is 5.87. The minimum atomic E-state index is -0.0543. The van der Waals surface area contributed by atoms with Crippen molar-refractivity contribution in [1.82, 2.24) is 5.32 Å². The van der Waals surface area contributed by atoms with E-state index in [0.717, 1.165) is 5.69 Å². The van der Waals surface area contributed by atoms with Crippen molar-refractivity contribution in [2.75, 3.05) is 17.6 Å². The summed E-state index contributed by atoms with van der Waals surface area (Å²) in [5.74, 6) is -0.0543. The van der Waals surface area contributed by atoms with E-state index in [9.17, 15) is 4.79 Å². The number of nitrogens with one attached hydrogen (secondary N) is 2. The van der Waals surface area contributed by atoms with Crippen molar-refractivity contribution in [1.29, 1.82) is 0 Å². The molecule has 1 fully saturated rings. The van der Waals surface area contributed by atoms with Gasteiger partial charge in [-0.15, -0.1) is 0 Å². The molecule has 1 aliphatic rings. The average Bonchev–Trinajstić information content (AvgIpc) is 3.05. The van der Waals surface area contributed by atoms with Gasteiger partial charge in [-0.1, -0.05) is 0 Å². The number of benzene rings is 1. The molecule has 2 rings (SSSR count). The number of rotatable bonds is 4. The molecule has 86 valence electrons. The maximum absolute atomic E-state index is 11.6. The Balaban J connectivity index is 2.16. The number of carbonyl (C=O) groups excluding carboxylic acids is 1. The summed E-state index contributed by atoms with van der Waals surface area (Å²) in [6.45, 7) is 2.53. The molecular weight excluding hydrogens is 202 g/mol. The summed E-state index contributed by atoms with van der Waals surface area (Å²) in [7, 11) is 0. The Hall–Kier alpha value is -1.71. The first kappa shape index (κ1) is 10.8. The normalized spacial score (nSPS) is 14.6. The van der Waals surface area contributed by atoms with Gasteiger partial charge in [-0.25, -0.2) is 0 Å². The van der Waals surface area contributed by atoms with Gasteiger partial charge in [0.05, 0.1) is 11.4 Å². The van der Waals surface area contributed by atoms with E-state index in [1.165, 1.54) is 12.8 Å². The predicted molar refractivity (Wildman–Crippen MR) is 65.5 cm³/mol. The summed E-state index contributed by atoms with van der Waals surface area (Å²) in [6.07, 6.45) is 2.37. The number of amides is 1. The van der Waals surface area contributed by atoms with Crippen LogP contribution in [0.3, 0.4) is 0 Å². The van der Waals surface area contributed by atoms with Crippen LogP contribution in [0.15, 0.2) is 18.2 Å². The molecule has 4 N–H and O–H groups in total. The molecule has 1 aliphatic carbocycles. The summed E-state index contributed by atoms with van der Waals surface area (Å²) in [5, 5.41) is 6.09. The lowest BCUT2D eigenvalue weighted by atomic mass is 10.1. The number of hydrogen-bond donors (Lipinski definition) is 3. The Morgan fingerprint density at radius 1 is 1.50 bits per heavy atom. The number of carbonyl (C=O) groups is 1. The Morgan fingerprint density at radius 3 is 2.88 bits per heavy atom. The number of hydrogen-bond acceptors (Lipinski definition) is 3. The first-order valence-corrected chi connectivity index (χ1v) is 5.65. The fraction of sp³-hybridized carbons (Fsp3) is 0.417. The van der Waals surface area contributed by atoms with Crippen molar-refractivity contribution in [3.8, 4) is 0 Å². The van der Waals surface area contributed by atoms with Crippen molar-refractivity contribution in [3.05, 3.63) is 23.8 Å². The van der Waals surface area contributed by atoms with Gasteiger partial charge in [-0.2, -0.15) is 0 Å². The van der Waals surface area contributed by atoms with Crippen LogP contribution in [0.4, 0.5) is 11.4 Å². The van der Waals surface area contributed by atoms with Crippen LogP contribution in [0.5, 0.6) is 0 Å². The van der Waals surface area contributed by atoms with Gasteiger partial charge in [-0.3, -0.25) is 4.79 Å². The molecule has 0 atom stereocenters. The lowest BCUT2D eigenvalue weighted by molar-refractivity contribution is 0.0956. The zero-order chi connectivity index (χ0) is 11.5. The Labute approximate surface area is 95.2 Å². The number of anilines is 2. The molecule has 4 heteroatoms. The van der Waals surface area contributed by atoms with Crippen LogP contribution in [-0.4, -0.2) is 18.5 Å². The van der Waals surface area contributed by atoms with E-state index in [1.807, 2.05) is 13.0 Å². The Morgan fingerprint density at radius 2 is 2.25 bits per heavy atom. The maximum atomic E-state index is 11.6. The summed E-state index contributed by atoms with van der Waals surface area (Å²) >= 11 is 0. The third kappa shape index (κ3) is 2.45. The Kier molecular flexibility index (Phi) is 2.99. The fourth-order valence-electron chi connectivity index (χ4n) is 1.53. The first-order valence-electron chi connectivity index (χ1n) is 5.65. The van der Waals surface area contributed by atoms with Gasteiger partial charge >= 0.3 is 0 Å². The lowest BCUT2D eigenvalue weighted by Gasteiger charge is -2.10. The predicted octanol–water partition coefficient (Wildman–Crippen LogP) is 1.59. The molecule has 4 nitrogen and oxygen atoms in total. The second-order valence-corrected chi connectivity index (χ2v) is 4.08. The Bertz CT molecular complexity index is 399. The van der Waals surface area contributed by atoms with Crippen LogP contribution in [0.2, 0.25) is 0 Å². The molecule has 1 saturated carbocycles. The second kappa shape index (κ2) is 4.43. The van der Waals surface area contributed by atoms with E-state index in [2.05, 4.69) is 10.6 Å². The van der Waals surface area contributed by atoms with Gasteiger partial charge < -0.3 is 16.4 Å². The zero-order valence-corrected chi connectivity index (χ0v) is 9.42. The molecule has 0 aromatic heterocycles. The van der Waals surface area contributed by atoms with Crippen molar-refractivity contribution in [3.63, 3.8) is 0 Å². The van der Waals surface area contributed by atoms with Crippen LogP contribution >= 0.6 is 0 Å². The second-order valence-electron chi connectivity index (χ2n) is 4.08. The van der Waals surface area contributed by atoms with Crippen molar-refractivity contribution < 1.29 is 4.79 Å². The third-order valence-electron chi connectivity index (χ3n) is 2.59. The van der Waals surface area contributed by atoms with E-state index in [-0.39, 0.29) is 5.91 Å². The van der Waals surface area contributed by atoms with Crippen molar-refractivity contribution in [2.45, 2.75) is 25.8 Å². The quantitative estimate of drug-likeness (QED) is 0.674. The molecule has 0 unspecified atom stereocenters. The molecule has 1 aromatic carbocycles. The standard InChI is InChI=1S/C12H17N3O/c1-2-14-12(16)8-3-6-10(13)11(7-8)15-9-4-5-9/h3,6-7,9,15H,2,4-5,13H2,1H3,(H,14,16). The molecule has 0 radical (unpaired) electrons. The van der Waals surface area contributed by atoms with E-state index < -0.39 is 0 Å². The van der Waals surface area contributed by atoms with Crippen LogP contribution in [0.1, 0.15) is 30.1 Å². The van der Waals surface area contributed by atoms with Crippen LogP contribution in [0, 0.1) is 0 Å². The molecular formula is C12H17N3O. The number of nitrogen functional groups attached to an aromatic ring is 1. The summed E-state index contributed by atoms with van der Waals surface area (Å²) in [4.78, 5) is 11.6. The van der Waals surface area contributed by atoms with E-state index in [0.29, 0.717) is 23.8 Å². The molecule has 16 heavy (non-hydrogen) atoms.